The molecule has 4 aromatic rings. The summed E-state index contributed by atoms with van der Waals surface area (Å²) in [5, 5.41) is 15.6. The molecule has 0 aliphatic heterocycles. The van der Waals surface area contributed by atoms with Crippen LogP contribution in [0.15, 0.2) is 78.0 Å². The molecule has 2 heterocycles. The smallest absolute Gasteiger partial charge is 0.262 e. The maximum Gasteiger partial charge on any atom is 0.262 e. The molecule has 0 aliphatic rings. The molecule has 0 saturated heterocycles. The first-order valence-corrected chi connectivity index (χ1v) is 11.6. The number of nitrogens with one attached hydrogen (secondary N) is 2. The van der Waals surface area contributed by atoms with E-state index < -0.39 is 10.0 Å². The Bertz CT molecular complexity index is 1300. The third kappa shape index (κ3) is 4.78. The Morgan fingerprint density at radius 2 is 1.69 bits per heavy atom. The zero-order valence-corrected chi connectivity index (χ0v) is 18.8. The van der Waals surface area contributed by atoms with Gasteiger partial charge in [0, 0.05) is 23.8 Å². The van der Waals surface area contributed by atoms with Gasteiger partial charge in [0.2, 0.25) is 0 Å². The molecule has 0 atom stereocenters. The molecule has 8 nitrogen and oxygen atoms in total. The van der Waals surface area contributed by atoms with Crippen molar-refractivity contribution in [3.8, 4) is 5.82 Å². The summed E-state index contributed by atoms with van der Waals surface area (Å²) < 4.78 is 30.2. The monoisotopic (exact) mass is 448 g/mol. The van der Waals surface area contributed by atoms with Crippen LogP contribution < -0.4 is 10.0 Å². The highest BCUT2D eigenvalue weighted by molar-refractivity contribution is 7.92. The highest BCUT2D eigenvalue weighted by atomic mass is 32.2. The maximum absolute atomic E-state index is 13.0. The van der Waals surface area contributed by atoms with Crippen LogP contribution in [0.4, 0.5) is 17.2 Å². The maximum atomic E-state index is 13.0. The normalized spacial score (nSPS) is 11.5. The quantitative estimate of drug-likeness (QED) is 0.427. The van der Waals surface area contributed by atoms with Crippen LogP contribution in [0.1, 0.15) is 30.9 Å². The van der Waals surface area contributed by atoms with Crippen molar-refractivity contribution in [2.75, 3.05) is 10.0 Å². The van der Waals surface area contributed by atoms with Gasteiger partial charge in [-0.25, -0.2) is 13.1 Å². The molecule has 2 aromatic heterocycles. The molecule has 164 valence electrons. The largest absolute Gasteiger partial charge is 0.339 e. The Labute approximate surface area is 187 Å². The fraction of sp³-hybridized carbons (Fsp3) is 0.174. The van der Waals surface area contributed by atoms with Gasteiger partial charge in [-0.05, 0) is 72.5 Å². The van der Waals surface area contributed by atoms with Crippen molar-refractivity contribution in [3.05, 3.63) is 84.2 Å². The number of hydrogen-bond acceptors (Lipinski definition) is 6. The van der Waals surface area contributed by atoms with Crippen molar-refractivity contribution in [3.63, 3.8) is 0 Å². The van der Waals surface area contributed by atoms with E-state index in [0.29, 0.717) is 27.8 Å². The van der Waals surface area contributed by atoms with Crippen molar-refractivity contribution < 1.29 is 8.42 Å². The van der Waals surface area contributed by atoms with Gasteiger partial charge in [0.05, 0.1) is 4.90 Å². The van der Waals surface area contributed by atoms with Gasteiger partial charge >= 0.3 is 0 Å². The van der Waals surface area contributed by atoms with Crippen LogP contribution >= 0.6 is 0 Å². The molecule has 0 spiro atoms. The first kappa shape index (κ1) is 21.5. The average molecular weight is 449 g/mol. The highest BCUT2D eigenvalue weighted by Gasteiger charge is 2.18. The zero-order valence-electron chi connectivity index (χ0n) is 18.0. The topological polar surface area (TPSA) is 102 Å². The van der Waals surface area contributed by atoms with Crippen LogP contribution in [-0.2, 0) is 10.0 Å². The van der Waals surface area contributed by atoms with Gasteiger partial charge in [-0.3, -0.25) is 4.72 Å². The zero-order chi connectivity index (χ0) is 22.7. The summed E-state index contributed by atoms with van der Waals surface area (Å²) >= 11 is 0. The minimum absolute atomic E-state index is 0.242. The van der Waals surface area contributed by atoms with Crippen LogP contribution in [0, 0.1) is 6.92 Å². The molecule has 0 unspecified atom stereocenters. The van der Waals surface area contributed by atoms with Crippen molar-refractivity contribution in [1.29, 1.82) is 0 Å². The van der Waals surface area contributed by atoms with Crippen molar-refractivity contribution in [2.24, 2.45) is 0 Å². The lowest BCUT2D eigenvalue weighted by Gasteiger charge is -2.14. The SMILES string of the molecule is Cc1ccc(C(C)C)cc1S(=O)(=O)Nc1ccc(Nc2ccc(-n3cccn3)nn2)cc1. The summed E-state index contributed by atoms with van der Waals surface area (Å²) in [6.07, 6.45) is 3.46. The van der Waals surface area contributed by atoms with E-state index >= 15 is 0 Å². The number of nitrogens with zero attached hydrogens (tertiary/aromatic N) is 4. The van der Waals surface area contributed by atoms with Gasteiger partial charge in [-0.2, -0.15) is 5.10 Å². The number of aromatic nitrogens is 4. The van der Waals surface area contributed by atoms with Crippen LogP contribution in [-0.4, -0.2) is 28.4 Å². The van der Waals surface area contributed by atoms with Gasteiger partial charge in [0.15, 0.2) is 11.6 Å². The summed E-state index contributed by atoms with van der Waals surface area (Å²) in [4.78, 5) is 0.290. The lowest BCUT2D eigenvalue weighted by molar-refractivity contribution is 0.600. The summed E-state index contributed by atoms with van der Waals surface area (Å²) in [5.74, 6) is 1.42. The fourth-order valence-corrected chi connectivity index (χ4v) is 4.50. The first-order chi connectivity index (χ1) is 15.3. The molecular weight excluding hydrogens is 424 g/mol. The van der Waals surface area contributed by atoms with E-state index in [4.69, 9.17) is 0 Å². The third-order valence-electron chi connectivity index (χ3n) is 4.97. The summed E-state index contributed by atoms with van der Waals surface area (Å²) in [6.45, 7) is 5.87. The van der Waals surface area contributed by atoms with Crippen molar-refractivity contribution >= 4 is 27.2 Å². The Hall–Kier alpha value is -3.72. The molecule has 32 heavy (non-hydrogen) atoms. The molecular formula is C23H24N6O2S. The fourth-order valence-electron chi connectivity index (χ4n) is 3.16. The molecule has 0 bridgehead atoms. The number of anilines is 3. The molecule has 2 N–H and O–H groups in total. The lowest BCUT2D eigenvalue weighted by atomic mass is 10.0. The molecule has 0 saturated carbocycles. The molecule has 0 radical (unpaired) electrons. The molecule has 4 rings (SSSR count). The van der Waals surface area contributed by atoms with Gasteiger partial charge in [0.25, 0.3) is 10.0 Å². The summed E-state index contributed by atoms with van der Waals surface area (Å²) in [6, 6.07) is 17.9. The van der Waals surface area contributed by atoms with Crippen LogP contribution in [0.25, 0.3) is 5.82 Å². The van der Waals surface area contributed by atoms with E-state index in [0.717, 1.165) is 11.3 Å². The number of sulfonamides is 1. The highest BCUT2D eigenvalue weighted by Crippen LogP contribution is 2.25. The van der Waals surface area contributed by atoms with E-state index in [9.17, 15) is 8.42 Å². The Kier molecular flexibility index (Phi) is 5.91. The second-order valence-corrected chi connectivity index (χ2v) is 9.37. The Morgan fingerprint density at radius 3 is 2.31 bits per heavy atom. The van der Waals surface area contributed by atoms with E-state index in [2.05, 4.69) is 25.3 Å². The number of rotatable bonds is 7. The predicted octanol–water partition coefficient (Wildman–Crippen LogP) is 4.64. The Balaban J connectivity index is 1.46. The molecule has 0 aliphatic carbocycles. The Morgan fingerprint density at radius 1 is 0.938 bits per heavy atom. The predicted molar refractivity (Wildman–Crippen MR) is 125 cm³/mol. The standard InChI is InChI=1S/C23H24N6O2S/c1-16(2)18-6-5-17(3)21(15-18)32(30,31)28-20-9-7-19(8-10-20)25-22-11-12-23(27-26-22)29-14-4-13-24-29/h4-16,28H,1-3H3,(H,25,26). The van der Waals surface area contributed by atoms with Crippen LogP contribution in [0.2, 0.25) is 0 Å². The van der Waals surface area contributed by atoms with E-state index in [1.807, 2.05) is 32.0 Å². The second kappa shape index (κ2) is 8.80. The third-order valence-corrected chi connectivity index (χ3v) is 6.49. The van der Waals surface area contributed by atoms with Gasteiger partial charge < -0.3 is 5.32 Å². The van der Waals surface area contributed by atoms with Gasteiger partial charge in [-0.1, -0.05) is 26.0 Å². The van der Waals surface area contributed by atoms with Crippen LogP contribution in [0.5, 0.6) is 0 Å². The van der Waals surface area contributed by atoms with E-state index in [-0.39, 0.29) is 5.92 Å². The minimum Gasteiger partial charge on any atom is -0.339 e. The molecule has 9 heteroatoms. The van der Waals surface area contributed by atoms with E-state index in [1.165, 1.54) is 0 Å². The lowest BCUT2D eigenvalue weighted by Crippen LogP contribution is -2.14. The van der Waals surface area contributed by atoms with Gasteiger partial charge in [0.1, 0.15) is 0 Å². The first-order valence-electron chi connectivity index (χ1n) is 10.2. The summed E-state index contributed by atoms with van der Waals surface area (Å²) in [5.41, 5.74) is 2.92. The minimum atomic E-state index is -3.70. The van der Waals surface area contributed by atoms with Crippen LogP contribution in [0.3, 0.4) is 0 Å². The molecule has 0 fully saturated rings. The average Bonchev–Trinajstić information content (AvgIpc) is 3.30. The number of hydrogen-bond donors (Lipinski definition) is 2. The second-order valence-electron chi connectivity index (χ2n) is 7.71. The molecule has 2 aromatic carbocycles. The number of benzene rings is 2. The summed E-state index contributed by atoms with van der Waals surface area (Å²) in [7, 11) is -3.70. The van der Waals surface area contributed by atoms with Gasteiger partial charge in [-0.15, -0.1) is 10.2 Å². The van der Waals surface area contributed by atoms with Crippen molar-refractivity contribution in [1.82, 2.24) is 20.0 Å². The number of aryl methyl sites for hydroxylation is 1. The van der Waals surface area contributed by atoms with E-state index in [1.54, 1.807) is 66.5 Å². The van der Waals surface area contributed by atoms with Crippen molar-refractivity contribution in [2.45, 2.75) is 31.6 Å². The molecule has 0 amide bonds.